The summed E-state index contributed by atoms with van der Waals surface area (Å²) < 4.78 is 8.18. The van der Waals surface area contributed by atoms with Crippen LogP contribution in [0, 0.1) is 0 Å². The van der Waals surface area contributed by atoms with E-state index in [-0.39, 0.29) is 6.04 Å². The summed E-state index contributed by atoms with van der Waals surface area (Å²) in [4.78, 5) is 4.47. The van der Waals surface area contributed by atoms with Gasteiger partial charge in [0.2, 0.25) is 0 Å². The number of nitrogens with zero attached hydrogens (tertiary/aromatic N) is 2. The molecular formula is C17H21N3O. The van der Waals surface area contributed by atoms with Crippen molar-refractivity contribution in [1.82, 2.24) is 14.9 Å². The number of hydrogen-bond donors (Lipinski definition) is 1. The third-order valence-electron chi connectivity index (χ3n) is 3.77. The predicted octanol–water partition coefficient (Wildman–Crippen LogP) is 3.54. The minimum Gasteiger partial charge on any atom is -0.459 e. The SMILES string of the molecule is CCNC(Cc1nccn1CC)c1cc2ccccc2o1. The second-order valence-corrected chi connectivity index (χ2v) is 5.13. The fraction of sp³-hybridized carbons (Fsp3) is 0.353. The van der Waals surface area contributed by atoms with Crippen molar-refractivity contribution in [3.05, 3.63) is 54.3 Å². The molecule has 1 unspecified atom stereocenters. The Bertz CT molecular complexity index is 680. The van der Waals surface area contributed by atoms with E-state index in [1.54, 1.807) is 0 Å². The van der Waals surface area contributed by atoms with Gasteiger partial charge in [0, 0.05) is 30.7 Å². The lowest BCUT2D eigenvalue weighted by Gasteiger charge is -2.15. The Morgan fingerprint density at radius 1 is 1.29 bits per heavy atom. The van der Waals surface area contributed by atoms with E-state index in [9.17, 15) is 0 Å². The van der Waals surface area contributed by atoms with Crippen LogP contribution >= 0.6 is 0 Å². The highest BCUT2D eigenvalue weighted by molar-refractivity contribution is 5.77. The van der Waals surface area contributed by atoms with Gasteiger partial charge in [-0.2, -0.15) is 0 Å². The lowest BCUT2D eigenvalue weighted by Crippen LogP contribution is -2.23. The molecule has 4 nitrogen and oxygen atoms in total. The van der Waals surface area contributed by atoms with Crippen LogP contribution in [0.1, 0.15) is 31.5 Å². The molecule has 0 aliphatic rings. The number of fused-ring (bicyclic) bond motifs is 1. The molecule has 0 amide bonds. The Balaban J connectivity index is 1.90. The van der Waals surface area contributed by atoms with Gasteiger partial charge in [0.1, 0.15) is 17.2 Å². The van der Waals surface area contributed by atoms with E-state index in [2.05, 4.69) is 40.8 Å². The van der Waals surface area contributed by atoms with Gasteiger partial charge in [0.25, 0.3) is 0 Å². The summed E-state index contributed by atoms with van der Waals surface area (Å²) in [5.74, 6) is 2.06. The first-order valence-corrected chi connectivity index (χ1v) is 7.53. The molecule has 0 radical (unpaired) electrons. The number of para-hydroxylation sites is 1. The van der Waals surface area contributed by atoms with Gasteiger partial charge in [-0.15, -0.1) is 0 Å². The molecule has 3 rings (SSSR count). The Hall–Kier alpha value is -2.07. The molecule has 0 saturated carbocycles. The smallest absolute Gasteiger partial charge is 0.134 e. The number of aryl methyl sites for hydroxylation is 1. The first-order valence-electron chi connectivity index (χ1n) is 7.53. The minimum atomic E-state index is 0.148. The minimum absolute atomic E-state index is 0.148. The number of rotatable bonds is 6. The zero-order valence-electron chi connectivity index (χ0n) is 12.5. The maximum Gasteiger partial charge on any atom is 0.134 e. The van der Waals surface area contributed by atoms with Crippen molar-refractivity contribution in [2.24, 2.45) is 0 Å². The molecule has 0 bridgehead atoms. The molecular weight excluding hydrogens is 262 g/mol. The number of nitrogens with one attached hydrogen (secondary N) is 1. The maximum absolute atomic E-state index is 6.01. The van der Waals surface area contributed by atoms with E-state index >= 15 is 0 Å². The van der Waals surface area contributed by atoms with Crippen LogP contribution < -0.4 is 5.32 Å². The van der Waals surface area contributed by atoms with E-state index in [4.69, 9.17) is 4.42 Å². The van der Waals surface area contributed by atoms with E-state index in [0.29, 0.717) is 0 Å². The number of furan rings is 1. The Morgan fingerprint density at radius 2 is 2.14 bits per heavy atom. The van der Waals surface area contributed by atoms with Crippen LogP contribution in [-0.2, 0) is 13.0 Å². The molecule has 110 valence electrons. The zero-order valence-corrected chi connectivity index (χ0v) is 12.5. The summed E-state index contributed by atoms with van der Waals surface area (Å²) in [5, 5.41) is 4.65. The largest absolute Gasteiger partial charge is 0.459 e. The summed E-state index contributed by atoms with van der Waals surface area (Å²) in [7, 11) is 0. The van der Waals surface area contributed by atoms with Gasteiger partial charge in [0.15, 0.2) is 0 Å². The van der Waals surface area contributed by atoms with Crippen molar-refractivity contribution in [1.29, 1.82) is 0 Å². The average Bonchev–Trinajstić information content (AvgIpc) is 3.12. The first kappa shape index (κ1) is 13.9. The molecule has 1 N–H and O–H groups in total. The van der Waals surface area contributed by atoms with Gasteiger partial charge in [-0.05, 0) is 25.6 Å². The monoisotopic (exact) mass is 283 g/mol. The molecule has 3 aromatic rings. The second kappa shape index (κ2) is 6.14. The van der Waals surface area contributed by atoms with Crippen LogP contribution in [0.5, 0.6) is 0 Å². The molecule has 0 aliphatic carbocycles. The fourth-order valence-corrected chi connectivity index (χ4v) is 2.69. The lowest BCUT2D eigenvalue weighted by atomic mass is 10.1. The van der Waals surface area contributed by atoms with Crippen LogP contribution in [0.3, 0.4) is 0 Å². The summed E-state index contributed by atoms with van der Waals surface area (Å²) in [6, 6.07) is 10.4. The Kier molecular flexibility index (Phi) is 4.06. The summed E-state index contributed by atoms with van der Waals surface area (Å²) >= 11 is 0. The normalized spacial score (nSPS) is 12.9. The predicted molar refractivity (Wildman–Crippen MR) is 84.2 cm³/mol. The van der Waals surface area contributed by atoms with Gasteiger partial charge in [0.05, 0.1) is 6.04 Å². The molecule has 2 heterocycles. The lowest BCUT2D eigenvalue weighted by molar-refractivity contribution is 0.424. The first-order chi connectivity index (χ1) is 10.3. The highest BCUT2D eigenvalue weighted by Crippen LogP contribution is 2.25. The van der Waals surface area contributed by atoms with Crippen molar-refractivity contribution >= 4 is 11.0 Å². The topological polar surface area (TPSA) is 43.0 Å². The number of aromatic nitrogens is 2. The summed E-state index contributed by atoms with van der Waals surface area (Å²) in [6.07, 6.45) is 4.71. The molecule has 0 saturated heterocycles. The highest BCUT2D eigenvalue weighted by atomic mass is 16.3. The molecule has 0 aliphatic heterocycles. The Morgan fingerprint density at radius 3 is 2.90 bits per heavy atom. The van der Waals surface area contributed by atoms with Crippen molar-refractivity contribution in [3.8, 4) is 0 Å². The third-order valence-corrected chi connectivity index (χ3v) is 3.77. The number of benzene rings is 1. The van der Waals surface area contributed by atoms with Crippen LogP contribution in [0.15, 0.2) is 47.1 Å². The molecule has 0 spiro atoms. The number of imidazole rings is 1. The van der Waals surface area contributed by atoms with Gasteiger partial charge >= 0.3 is 0 Å². The van der Waals surface area contributed by atoms with Crippen LogP contribution in [-0.4, -0.2) is 16.1 Å². The average molecular weight is 283 g/mol. The van der Waals surface area contributed by atoms with Crippen LogP contribution in [0.4, 0.5) is 0 Å². The Labute approximate surface area is 124 Å². The van der Waals surface area contributed by atoms with Gasteiger partial charge < -0.3 is 14.3 Å². The number of likely N-dealkylation sites (N-methyl/N-ethyl adjacent to an activating group) is 1. The van der Waals surface area contributed by atoms with E-state index in [1.165, 1.54) is 0 Å². The van der Waals surface area contributed by atoms with Gasteiger partial charge in [-0.1, -0.05) is 25.1 Å². The number of hydrogen-bond acceptors (Lipinski definition) is 3. The second-order valence-electron chi connectivity index (χ2n) is 5.13. The maximum atomic E-state index is 6.01. The van der Waals surface area contributed by atoms with Gasteiger partial charge in [-0.25, -0.2) is 4.98 Å². The van der Waals surface area contributed by atoms with Crippen molar-refractivity contribution in [2.75, 3.05) is 6.54 Å². The third kappa shape index (κ3) is 2.85. The van der Waals surface area contributed by atoms with Gasteiger partial charge in [-0.3, -0.25) is 0 Å². The van der Waals surface area contributed by atoms with Crippen LogP contribution in [0.25, 0.3) is 11.0 Å². The molecule has 4 heteroatoms. The van der Waals surface area contributed by atoms with E-state index in [0.717, 1.165) is 42.1 Å². The molecule has 0 fully saturated rings. The van der Waals surface area contributed by atoms with Crippen molar-refractivity contribution < 1.29 is 4.42 Å². The summed E-state index contributed by atoms with van der Waals surface area (Å²) in [6.45, 7) is 6.08. The highest BCUT2D eigenvalue weighted by Gasteiger charge is 2.18. The quantitative estimate of drug-likeness (QED) is 0.752. The molecule has 1 aromatic carbocycles. The standard InChI is InChI=1S/C17H21N3O/c1-3-18-14(12-17-19-9-10-20(17)4-2)16-11-13-7-5-6-8-15(13)21-16/h5-11,14,18H,3-4,12H2,1-2H3. The zero-order chi connectivity index (χ0) is 14.7. The van der Waals surface area contributed by atoms with Crippen LogP contribution in [0.2, 0.25) is 0 Å². The summed E-state index contributed by atoms with van der Waals surface area (Å²) in [5.41, 5.74) is 0.939. The van der Waals surface area contributed by atoms with Crippen molar-refractivity contribution in [3.63, 3.8) is 0 Å². The van der Waals surface area contributed by atoms with Crippen molar-refractivity contribution in [2.45, 2.75) is 32.9 Å². The fourth-order valence-electron chi connectivity index (χ4n) is 2.69. The molecule has 2 aromatic heterocycles. The van der Waals surface area contributed by atoms with E-state index in [1.807, 2.05) is 30.6 Å². The molecule has 21 heavy (non-hydrogen) atoms. The molecule has 1 atom stereocenters. The van der Waals surface area contributed by atoms with E-state index < -0.39 is 0 Å².